The maximum atomic E-state index is 3.46. The molecular weight excluding hydrogens is 194 g/mol. The molecule has 0 spiro atoms. The normalized spacial score (nSPS) is 17.1. The van der Waals surface area contributed by atoms with Gasteiger partial charge >= 0.3 is 0 Å². The first-order valence-corrected chi connectivity index (χ1v) is 7.36. The maximum absolute atomic E-state index is 3.46. The van der Waals surface area contributed by atoms with Crippen molar-refractivity contribution >= 4 is 0 Å². The van der Waals surface area contributed by atoms with E-state index in [1.807, 2.05) is 0 Å². The molecule has 3 unspecified atom stereocenters. The van der Waals surface area contributed by atoms with Crippen LogP contribution in [0.25, 0.3) is 0 Å². The molecule has 0 saturated heterocycles. The van der Waals surface area contributed by atoms with Crippen molar-refractivity contribution in [3.8, 4) is 0 Å². The molecule has 0 heterocycles. The van der Waals surface area contributed by atoms with E-state index in [0.717, 1.165) is 24.3 Å². The topological polar surface area (TPSA) is 12.0 Å². The standard InChI is InChI=1S/C15H33N/c1-6-9-10-15(7-2)11-13(4)14(5)12-16-8-3/h13-16H,6-12H2,1-5H3. The lowest BCUT2D eigenvalue weighted by Gasteiger charge is -2.25. The van der Waals surface area contributed by atoms with Gasteiger partial charge in [0.1, 0.15) is 0 Å². The molecule has 0 rings (SSSR count). The highest BCUT2D eigenvalue weighted by molar-refractivity contribution is 4.69. The second-order valence-electron chi connectivity index (χ2n) is 5.41. The summed E-state index contributed by atoms with van der Waals surface area (Å²) in [5.74, 6) is 2.63. The van der Waals surface area contributed by atoms with E-state index in [1.54, 1.807) is 0 Å². The smallest absolute Gasteiger partial charge is 0.00207 e. The van der Waals surface area contributed by atoms with Gasteiger partial charge in [-0.25, -0.2) is 0 Å². The van der Waals surface area contributed by atoms with Gasteiger partial charge in [-0.2, -0.15) is 0 Å². The van der Waals surface area contributed by atoms with Crippen molar-refractivity contribution < 1.29 is 0 Å². The Hall–Kier alpha value is -0.0400. The van der Waals surface area contributed by atoms with Crippen molar-refractivity contribution in [2.75, 3.05) is 13.1 Å². The number of hydrogen-bond acceptors (Lipinski definition) is 1. The van der Waals surface area contributed by atoms with Gasteiger partial charge in [-0.3, -0.25) is 0 Å². The van der Waals surface area contributed by atoms with Crippen LogP contribution in [-0.2, 0) is 0 Å². The fourth-order valence-corrected chi connectivity index (χ4v) is 2.31. The van der Waals surface area contributed by atoms with Crippen LogP contribution in [-0.4, -0.2) is 13.1 Å². The predicted octanol–water partition coefficient (Wildman–Crippen LogP) is 4.47. The van der Waals surface area contributed by atoms with Crippen LogP contribution in [0.5, 0.6) is 0 Å². The first-order chi connectivity index (χ1) is 7.65. The van der Waals surface area contributed by atoms with Crippen LogP contribution in [0.15, 0.2) is 0 Å². The van der Waals surface area contributed by atoms with Crippen LogP contribution >= 0.6 is 0 Å². The second-order valence-corrected chi connectivity index (χ2v) is 5.41. The molecule has 1 nitrogen and oxygen atoms in total. The molecule has 0 amide bonds. The average molecular weight is 227 g/mol. The van der Waals surface area contributed by atoms with Crippen LogP contribution in [0.2, 0.25) is 0 Å². The SMILES string of the molecule is CCCCC(CC)CC(C)C(C)CNCC. The Balaban J connectivity index is 3.83. The molecular formula is C15H33N. The molecule has 0 aliphatic rings. The maximum Gasteiger partial charge on any atom is -0.00207 e. The van der Waals surface area contributed by atoms with Crippen LogP contribution in [0, 0.1) is 17.8 Å². The van der Waals surface area contributed by atoms with Crippen molar-refractivity contribution in [1.29, 1.82) is 0 Å². The Morgan fingerprint density at radius 1 is 1.00 bits per heavy atom. The fourth-order valence-electron chi connectivity index (χ4n) is 2.31. The summed E-state index contributed by atoms with van der Waals surface area (Å²) in [7, 11) is 0. The monoisotopic (exact) mass is 227 g/mol. The third-order valence-electron chi connectivity index (χ3n) is 3.94. The van der Waals surface area contributed by atoms with Gasteiger partial charge in [-0.05, 0) is 37.3 Å². The zero-order chi connectivity index (χ0) is 12.4. The van der Waals surface area contributed by atoms with E-state index in [-0.39, 0.29) is 0 Å². The number of unbranched alkanes of at least 4 members (excludes halogenated alkanes) is 1. The summed E-state index contributed by atoms with van der Waals surface area (Å²) in [4.78, 5) is 0. The number of hydrogen-bond donors (Lipinski definition) is 1. The quantitative estimate of drug-likeness (QED) is 0.580. The molecule has 1 heteroatoms. The Labute approximate surface area is 103 Å². The second kappa shape index (κ2) is 10.1. The van der Waals surface area contributed by atoms with E-state index in [1.165, 1.54) is 38.6 Å². The highest BCUT2D eigenvalue weighted by Gasteiger charge is 2.16. The zero-order valence-corrected chi connectivity index (χ0v) is 12.2. The lowest BCUT2D eigenvalue weighted by molar-refractivity contribution is 0.278. The molecule has 0 aliphatic heterocycles. The van der Waals surface area contributed by atoms with E-state index >= 15 is 0 Å². The Kier molecular flexibility index (Phi) is 10.1. The predicted molar refractivity (Wildman–Crippen MR) is 74.8 cm³/mol. The van der Waals surface area contributed by atoms with Gasteiger partial charge < -0.3 is 5.32 Å². The first kappa shape index (κ1) is 16.0. The van der Waals surface area contributed by atoms with Crippen molar-refractivity contribution in [2.45, 2.75) is 66.7 Å². The van der Waals surface area contributed by atoms with Crippen molar-refractivity contribution in [3.63, 3.8) is 0 Å². The van der Waals surface area contributed by atoms with Gasteiger partial charge in [0, 0.05) is 0 Å². The molecule has 3 atom stereocenters. The summed E-state index contributed by atoms with van der Waals surface area (Å²) in [6, 6.07) is 0. The number of nitrogens with one attached hydrogen (secondary N) is 1. The van der Waals surface area contributed by atoms with E-state index in [0.29, 0.717) is 0 Å². The summed E-state index contributed by atoms with van der Waals surface area (Å²) in [5.41, 5.74) is 0. The lowest BCUT2D eigenvalue weighted by Crippen LogP contribution is -2.26. The molecule has 98 valence electrons. The van der Waals surface area contributed by atoms with Gasteiger partial charge in [-0.15, -0.1) is 0 Å². The van der Waals surface area contributed by atoms with Gasteiger partial charge in [0.25, 0.3) is 0 Å². The summed E-state index contributed by atoms with van der Waals surface area (Å²) in [5, 5.41) is 3.46. The highest BCUT2D eigenvalue weighted by Crippen LogP contribution is 2.25. The molecule has 0 fully saturated rings. The lowest BCUT2D eigenvalue weighted by atomic mass is 9.83. The minimum absolute atomic E-state index is 0.815. The van der Waals surface area contributed by atoms with Gasteiger partial charge in [-0.1, -0.05) is 60.3 Å². The number of rotatable bonds is 10. The van der Waals surface area contributed by atoms with Crippen LogP contribution < -0.4 is 5.32 Å². The molecule has 0 aromatic heterocycles. The van der Waals surface area contributed by atoms with E-state index in [2.05, 4.69) is 39.9 Å². The van der Waals surface area contributed by atoms with E-state index < -0.39 is 0 Å². The minimum Gasteiger partial charge on any atom is -0.317 e. The first-order valence-electron chi connectivity index (χ1n) is 7.36. The van der Waals surface area contributed by atoms with Crippen LogP contribution in [0.1, 0.15) is 66.7 Å². The van der Waals surface area contributed by atoms with E-state index in [4.69, 9.17) is 0 Å². The van der Waals surface area contributed by atoms with Crippen LogP contribution in [0.4, 0.5) is 0 Å². The summed E-state index contributed by atoms with van der Waals surface area (Å²) < 4.78 is 0. The van der Waals surface area contributed by atoms with Crippen LogP contribution in [0.3, 0.4) is 0 Å². The Morgan fingerprint density at radius 2 is 1.69 bits per heavy atom. The molecule has 0 radical (unpaired) electrons. The fraction of sp³-hybridized carbons (Fsp3) is 1.00. The van der Waals surface area contributed by atoms with Gasteiger partial charge in [0.15, 0.2) is 0 Å². The third-order valence-corrected chi connectivity index (χ3v) is 3.94. The van der Waals surface area contributed by atoms with Crippen molar-refractivity contribution in [1.82, 2.24) is 5.32 Å². The molecule has 0 aromatic carbocycles. The van der Waals surface area contributed by atoms with Gasteiger partial charge in [0.05, 0.1) is 0 Å². The molecule has 0 aromatic rings. The molecule has 16 heavy (non-hydrogen) atoms. The average Bonchev–Trinajstić information content (AvgIpc) is 2.30. The molecule has 0 saturated carbocycles. The molecule has 0 aliphatic carbocycles. The third kappa shape index (κ3) is 7.27. The minimum atomic E-state index is 0.815. The summed E-state index contributed by atoms with van der Waals surface area (Å²) in [6.45, 7) is 13.9. The largest absolute Gasteiger partial charge is 0.317 e. The highest BCUT2D eigenvalue weighted by atomic mass is 14.8. The Bertz CT molecular complexity index is 144. The molecule has 0 bridgehead atoms. The zero-order valence-electron chi connectivity index (χ0n) is 12.2. The summed E-state index contributed by atoms with van der Waals surface area (Å²) >= 11 is 0. The van der Waals surface area contributed by atoms with Crippen molar-refractivity contribution in [2.24, 2.45) is 17.8 Å². The Morgan fingerprint density at radius 3 is 2.19 bits per heavy atom. The van der Waals surface area contributed by atoms with Gasteiger partial charge in [0.2, 0.25) is 0 Å². The molecule has 1 N–H and O–H groups in total. The van der Waals surface area contributed by atoms with E-state index in [9.17, 15) is 0 Å². The summed E-state index contributed by atoms with van der Waals surface area (Å²) in [6.07, 6.45) is 6.97. The van der Waals surface area contributed by atoms with Crippen molar-refractivity contribution in [3.05, 3.63) is 0 Å².